The number of rotatable bonds is 5. The molecule has 0 spiro atoms. The minimum Gasteiger partial charge on any atom is -0.497 e. The Balaban J connectivity index is 1.57. The second kappa shape index (κ2) is 7.62. The van der Waals surface area contributed by atoms with E-state index in [1.165, 1.54) is 16.8 Å². The van der Waals surface area contributed by atoms with Gasteiger partial charge in [-0.3, -0.25) is 9.59 Å². The molecule has 7 nitrogen and oxygen atoms in total. The Hall–Kier alpha value is -3.68. The molecule has 3 aromatic rings. The molecule has 4 rings (SSSR count). The highest BCUT2D eigenvalue weighted by Crippen LogP contribution is 2.38. The number of nitrogens with zero attached hydrogens (tertiary/aromatic N) is 2. The number of nitrogens with one attached hydrogen (secondary N) is 2. The molecule has 1 aliphatic rings. The number of methoxy groups -OCH3 is 1. The van der Waals surface area contributed by atoms with Crippen LogP contribution in [-0.2, 0) is 9.59 Å². The van der Waals surface area contributed by atoms with Gasteiger partial charge in [0, 0.05) is 5.56 Å². The molecule has 1 aromatic heterocycles. The van der Waals surface area contributed by atoms with Crippen LogP contribution in [-0.4, -0.2) is 28.7 Å². The molecule has 2 heterocycles. The van der Waals surface area contributed by atoms with Gasteiger partial charge >= 0.3 is 0 Å². The number of anilines is 2. The highest BCUT2D eigenvalue weighted by molar-refractivity contribution is 6.04. The van der Waals surface area contributed by atoms with Crippen molar-refractivity contribution in [2.45, 2.75) is 26.3 Å². The van der Waals surface area contributed by atoms with Gasteiger partial charge in [-0.15, -0.1) is 0 Å². The summed E-state index contributed by atoms with van der Waals surface area (Å²) in [7, 11) is 1.59. The fraction of sp³-hybridized carbons (Fsp3) is 0.227. The molecule has 0 bridgehead atoms. The summed E-state index contributed by atoms with van der Waals surface area (Å²) >= 11 is 0. The van der Waals surface area contributed by atoms with E-state index < -0.39 is 17.8 Å². The lowest BCUT2D eigenvalue weighted by Crippen LogP contribution is -2.24. The highest BCUT2D eigenvalue weighted by atomic mass is 19.1. The van der Waals surface area contributed by atoms with E-state index in [2.05, 4.69) is 15.7 Å². The number of halogens is 1. The fourth-order valence-electron chi connectivity index (χ4n) is 3.58. The van der Waals surface area contributed by atoms with Crippen LogP contribution in [0, 0.1) is 19.7 Å². The Kier molecular flexibility index (Phi) is 4.99. The molecule has 0 saturated carbocycles. The Morgan fingerprint density at radius 2 is 1.97 bits per heavy atom. The number of hydrogen-bond acceptors (Lipinski definition) is 4. The summed E-state index contributed by atoms with van der Waals surface area (Å²) in [4.78, 5) is 25.0. The predicted octanol–water partition coefficient (Wildman–Crippen LogP) is 3.84. The summed E-state index contributed by atoms with van der Waals surface area (Å²) in [6, 6.07) is 11.2. The number of aryl methyl sites for hydroxylation is 2. The first-order valence-corrected chi connectivity index (χ1v) is 9.47. The van der Waals surface area contributed by atoms with Crippen molar-refractivity contribution in [3.8, 4) is 16.9 Å². The van der Waals surface area contributed by atoms with Crippen molar-refractivity contribution in [2.24, 2.45) is 0 Å². The van der Waals surface area contributed by atoms with E-state index in [-0.39, 0.29) is 18.0 Å². The van der Waals surface area contributed by atoms with Crippen LogP contribution in [0.5, 0.6) is 5.75 Å². The Labute approximate surface area is 172 Å². The number of benzene rings is 2. The quantitative estimate of drug-likeness (QED) is 0.672. The summed E-state index contributed by atoms with van der Waals surface area (Å²) in [5, 5.41) is 9.84. The summed E-state index contributed by atoms with van der Waals surface area (Å²) in [5.41, 5.74) is 3.23. The normalized spacial score (nSPS) is 14.9. The van der Waals surface area contributed by atoms with E-state index in [0.29, 0.717) is 5.82 Å². The van der Waals surface area contributed by atoms with Crippen LogP contribution < -0.4 is 15.4 Å². The number of amides is 2. The number of ether oxygens (including phenoxy) is 1. The standard InChI is InChI=1S/C22H21FN4O3/c1-12-4-9-17(16(23)10-12)24-19(28)11-18-22(29)25-21-20(13(2)26-27(18)21)14-5-7-15(30-3)8-6-14/h4-10,18H,11H2,1-3H3,(H,24,28)(H,25,29). The van der Waals surface area contributed by atoms with E-state index in [9.17, 15) is 14.0 Å². The third kappa shape index (κ3) is 3.52. The lowest BCUT2D eigenvalue weighted by molar-refractivity contribution is -0.123. The van der Waals surface area contributed by atoms with Crippen molar-refractivity contribution < 1.29 is 18.7 Å². The van der Waals surface area contributed by atoms with Crippen LogP contribution in [0.2, 0.25) is 0 Å². The van der Waals surface area contributed by atoms with E-state index >= 15 is 0 Å². The zero-order valence-corrected chi connectivity index (χ0v) is 16.8. The molecule has 1 unspecified atom stereocenters. The van der Waals surface area contributed by atoms with Crippen LogP contribution in [0.15, 0.2) is 42.5 Å². The first-order valence-electron chi connectivity index (χ1n) is 9.47. The van der Waals surface area contributed by atoms with Gasteiger partial charge in [0.2, 0.25) is 5.91 Å². The first-order chi connectivity index (χ1) is 14.4. The monoisotopic (exact) mass is 408 g/mol. The maximum absolute atomic E-state index is 14.0. The molecule has 2 N–H and O–H groups in total. The average Bonchev–Trinajstić information content (AvgIpc) is 3.18. The van der Waals surface area contributed by atoms with E-state index in [1.807, 2.05) is 31.2 Å². The molecule has 0 saturated heterocycles. The van der Waals surface area contributed by atoms with Gasteiger partial charge in [0.15, 0.2) is 0 Å². The lowest BCUT2D eigenvalue weighted by Gasteiger charge is -2.11. The topological polar surface area (TPSA) is 85.2 Å². The molecule has 8 heteroatoms. The van der Waals surface area contributed by atoms with Crippen molar-refractivity contribution >= 4 is 23.3 Å². The van der Waals surface area contributed by atoms with Crippen LogP contribution in [0.1, 0.15) is 23.7 Å². The van der Waals surface area contributed by atoms with E-state index in [0.717, 1.165) is 28.1 Å². The van der Waals surface area contributed by atoms with Gasteiger partial charge in [-0.1, -0.05) is 18.2 Å². The van der Waals surface area contributed by atoms with Crippen molar-refractivity contribution in [2.75, 3.05) is 17.7 Å². The zero-order valence-electron chi connectivity index (χ0n) is 16.8. The first kappa shape index (κ1) is 19.6. The molecule has 2 amide bonds. The van der Waals surface area contributed by atoms with Gasteiger partial charge in [0.05, 0.1) is 24.9 Å². The second-order valence-electron chi connectivity index (χ2n) is 7.22. The number of carbonyl (C=O) groups is 2. The minimum absolute atomic E-state index is 0.0831. The van der Waals surface area contributed by atoms with E-state index in [4.69, 9.17) is 4.74 Å². The van der Waals surface area contributed by atoms with Gasteiger partial charge < -0.3 is 15.4 Å². The van der Waals surface area contributed by atoms with Crippen molar-refractivity contribution in [3.05, 3.63) is 59.5 Å². The molecular weight excluding hydrogens is 387 g/mol. The summed E-state index contributed by atoms with van der Waals surface area (Å²) in [5.74, 6) is -0.0440. The van der Waals surface area contributed by atoms with Gasteiger partial charge in [0.25, 0.3) is 5.91 Å². The smallest absolute Gasteiger partial charge is 0.251 e. The molecule has 0 fully saturated rings. The molecular formula is C22H21FN4O3. The van der Waals surface area contributed by atoms with Crippen LogP contribution >= 0.6 is 0 Å². The largest absolute Gasteiger partial charge is 0.497 e. The zero-order chi connectivity index (χ0) is 21.4. The van der Waals surface area contributed by atoms with Crippen molar-refractivity contribution in [1.29, 1.82) is 0 Å². The molecule has 154 valence electrons. The Bertz CT molecular complexity index is 1140. The number of hydrogen-bond donors (Lipinski definition) is 2. The third-order valence-electron chi connectivity index (χ3n) is 5.08. The van der Waals surface area contributed by atoms with Crippen molar-refractivity contribution in [1.82, 2.24) is 9.78 Å². The second-order valence-corrected chi connectivity index (χ2v) is 7.22. The molecule has 30 heavy (non-hydrogen) atoms. The van der Waals surface area contributed by atoms with Gasteiger partial charge in [-0.2, -0.15) is 5.10 Å². The maximum Gasteiger partial charge on any atom is 0.251 e. The number of fused-ring (bicyclic) bond motifs is 1. The van der Waals surface area contributed by atoms with Crippen LogP contribution in [0.3, 0.4) is 0 Å². The number of carbonyl (C=O) groups excluding carboxylic acids is 2. The minimum atomic E-state index is -0.806. The average molecular weight is 408 g/mol. The SMILES string of the molecule is COc1ccc(-c2c(C)nn3c2NC(=O)C3CC(=O)Nc2ccc(C)cc2F)cc1. The molecule has 0 radical (unpaired) electrons. The van der Waals surface area contributed by atoms with Gasteiger partial charge in [-0.25, -0.2) is 9.07 Å². The molecule has 2 aromatic carbocycles. The summed E-state index contributed by atoms with van der Waals surface area (Å²) in [6.07, 6.45) is -0.157. The fourth-order valence-corrected chi connectivity index (χ4v) is 3.58. The van der Waals surface area contributed by atoms with E-state index in [1.54, 1.807) is 20.1 Å². The third-order valence-corrected chi connectivity index (χ3v) is 5.08. The molecule has 1 atom stereocenters. The van der Waals surface area contributed by atoms with Crippen LogP contribution in [0.25, 0.3) is 11.1 Å². The van der Waals surface area contributed by atoms with Gasteiger partial charge in [-0.05, 0) is 49.2 Å². The Morgan fingerprint density at radius 1 is 1.23 bits per heavy atom. The summed E-state index contributed by atoms with van der Waals surface area (Å²) < 4.78 is 20.7. The lowest BCUT2D eigenvalue weighted by atomic mass is 10.1. The molecule has 0 aliphatic carbocycles. The number of aromatic nitrogens is 2. The predicted molar refractivity (Wildman–Crippen MR) is 111 cm³/mol. The van der Waals surface area contributed by atoms with Gasteiger partial charge in [0.1, 0.15) is 23.4 Å². The maximum atomic E-state index is 14.0. The highest BCUT2D eigenvalue weighted by Gasteiger charge is 2.36. The van der Waals surface area contributed by atoms with Crippen molar-refractivity contribution in [3.63, 3.8) is 0 Å². The van der Waals surface area contributed by atoms with Crippen LogP contribution in [0.4, 0.5) is 15.9 Å². The molecule has 1 aliphatic heterocycles. The Morgan fingerprint density at radius 3 is 2.63 bits per heavy atom. The summed E-state index contributed by atoms with van der Waals surface area (Å²) in [6.45, 7) is 3.61.